The summed E-state index contributed by atoms with van der Waals surface area (Å²) in [6, 6.07) is 10.2. The van der Waals surface area contributed by atoms with E-state index in [-0.39, 0.29) is 0 Å². The van der Waals surface area contributed by atoms with Crippen molar-refractivity contribution in [3.63, 3.8) is 0 Å². The van der Waals surface area contributed by atoms with Crippen LogP contribution >= 0.6 is 0 Å². The predicted molar refractivity (Wildman–Crippen MR) is 105 cm³/mol. The number of aromatic amines is 1. The van der Waals surface area contributed by atoms with Crippen molar-refractivity contribution >= 4 is 22.9 Å². The van der Waals surface area contributed by atoms with E-state index in [9.17, 15) is 0 Å². The third kappa shape index (κ3) is 2.79. The Morgan fingerprint density at radius 2 is 1.42 bits per heavy atom. The number of benzene rings is 1. The van der Waals surface area contributed by atoms with Crippen molar-refractivity contribution in [3.8, 4) is 11.4 Å². The monoisotopic (exact) mass is 348 g/mol. The van der Waals surface area contributed by atoms with E-state index in [4.69, 9.17) is 15.0 Å². The van der Waals surface area contributed by atoms with Gasteiger partial charge in [-0.1, -0.05) is 30.3 Å². The summed E-state index contributed by atoms with van der Waals surface area (Å²) in [5, 5.41) is 0. The van der Waals surface area contributed by atoms with Gasteiger partial charge in [0.1, 0.15) is 11.3 Å². The number of hydrogen-bond donors (Lipinski definition) is 1. The highest BCUT2D eigenvalue weighted by Crippen LogP contribution is 2.30. The molecule has 0 aliphatic carbocycles. The zero-order valence-electron chi connectivity index (χ0n) is 15.0. The van der Waals surface area contributed by atoms with Gasteiger partial charge < -0.3 is 14.8 Å². The summed E-state index contributed by atoms with van der Waals surface area (Å²) in [5.41, 5.74) is 2.82. The first-order valence-electron chi connectivity index (χ1n) is 9.71. The van der Waals surface area contributed by atoms with Crippen molar-refractivity contribution in [2.75, 3.05) is 36.0 Å². The zero-order chi connectivity index (χ0) is 17.3. The smallest absolute Gasteiger partial charge is 0.229 e. The molecule has 4 heterocycles. The molecule has 2 fully saturated rings. The van der Waals surface area contributed by atoms with Gasteiger partial charge in [0.2, 0.25) is 5.95 Å². The maximum atomic E-state index is 4.98. The molecule has 0 atom stereocenters. The summed E-state index contributed by atoms with van der Waals surface area (Å²) in [4.78, 5) is 22.8. The first-order chi connectivity index (χ1) is 12.9. The summed E-state index contributed by atoms with van der Waals surface area (Å²) >= 11 is 0. The van der Waals surface area contributed by atoms with E-state index in [2.05, 4.69) is 26.9 Å². The molecule has 2 saturated heterocycles. The van der Waals surface area contributed by atoms with Crippen LogP contribution in [0.15, 0.2) is 30.3 Å². The molecule has 2 aliphatic rings. The van der Waals surface area contributed by atoms with Crippen LogP contribution in [0, 0.1) is 0 Å². The fourth-order valence-corrected chi connectivity index (χ4v) is 4.00. The number of nitrogens with zero attached hydrogens (tertiary/aromatic N) is 5. The van der Waals surface area contributed by atoms with Gasteiger partial charge in [0.05, 0.1) is 0 Å². The minimum atomic E-state index is 0.779. The fourth-order valence-electron chi connectivity index (χ4n) is 4.00. The van der Waals surface area contributed by atoms with Crippen molar-refractivity contribution in [1.82, 2.24) is 19.9 Å². The molecule has 3 aromatic rings. The number of H-pyrrole nitrogens is 1. The van der Waals surface area contributed by atoms with Crippen LogP contribution in [0.3, 0.4) is 0 Å². The maximum absolute atomic E-state index is 4.98. The molecule has 6 heteroatoms. The molecule has 2 aromatic heterocycles. The molecule has 2 aliphatic heterocycles. The summed E-state index contributed by atoms with van der Waals surface area (Å²) in [6.45, 7) is 4.21. The number of imidazole rings is 1. The lowest BCUT2D eigenvalue weighted by Crippen LogP contribution is -2.31. The molecule has 1 N–H and O–H groups in total. The minimum absolute atomic E-state index is 0.779. The highest BCUT2D eigenvalue weighted by Gasteiger charge is 2.23. The highest BCUT2D eigenvalue weighted by atomic mass is 15.3. The Morgan fingerprint density at radius 3 is 2.19 bits per heavy atom. The Labute approximate surface area is 153 Å². The van der Waals surface area contributed by atoms with Crippen molar-refractivity contribution in [2.24, 2.45) is 0 Å². The van der Waals surface area contributed by atoms with Gasteiger partial charge in [-0.15, -0.1) is 0 Å². The Kier molecular flexibility index (Phi) is 3.96. The molecule has 0 unspecified atom stereocenters. The predicted octanol–water partition coefficient (Wildman–Crippen LogP) is 3.61. The summed E-state index contributed by atoms with van der Waals surface area (Å²) in [6.07, 6.45) is 6.19. The lowest BCUT2D eigenvalue weighted by molar-refractivity contribution is 0.568. The number of aromatic nitrogens is 4. The van der Waals surface area contributed by atoms with Crippen LogP contribution in [0.25, 0.3) is 22.6 Å². The van der Waals surface area contributed by atoms with Crippen molar-refractivity contribution < 1.29 is 0 Å². The Morgan fingerprint density at radius 1 is 0.731 bits per heavy atom. The van der Waals surface area contributed by atoms with Gasteiger partial charge in [0.15, 0.2) is 11.5 Å². The van der Waals surface area contributed by atoms with Crippen LogP contribution in [-0.4, -0.2) is 46.1 Å². The van der Waals surface area contributed by atoms with E-state index in [0.717, 1.165) is 60.5 Å². The molecule has 0 bridgehead atoms. The first kappa shape index (κ1) is 15.6. The van der Waals surface area contributed by atoms with Gasteiger partial charge >= 0.3 is 0 Å². The average Bonchev–Trinajstić information content (AvgIpc) is 3.38. The number of rotatable bonds is 3. The van der Waals surface area contributed by atoms with E-state index >= 15 is 0 Å². The van der Waals surface area contributed by atoms with Crippen LogP contribution in [0.2, 0.25) is 0 Å². The van der Waals surface area contributed by atoms with Crippen LogP contribution in [0.1, 0.15) is 32.1 Å². The summed E-state index contributed by atoms with van der Waals surface area (Å²) in [7, 11) is 0. The van der Waals surface area contributed by atoms with E-state index in [1.807, 2.05) is 18.2 Å². The molecule has 134 valence electrons. The highest BCUT2D eigenvalue weighted by molar-refractivity contribution is 5.87. The average molecular weight is 348 g/mol. The fraction of sp³-hybridized carbons (Fsp3) is 0.450. The number of piperidine rings is 1. The van der Waals surface area contributed by atoms with Crippen LogP contribution < -0.4 is 9.80 Å². The van der Waals surface area contributed by atoms with Gasteiger partial charge in [-0.3, -0.25) is 0 Å². The Balaban J connectivity index is 1.63. The van der Waals surface area contributed by atoms with Gasteiger partial charge in [-0.05, 0) is 32.1 Å². The van der Waals surface area contributed by atoms with Crippen molar-refractivity contribution in [1.29, 1.82) is 0 Å². The van der Waals surface area contributed by atoms with E-state index < -0.39 is 0 Å². The summed E-state index contributed by atoms with van der Waals surface area (Å²) < 4.78 is 0. The van der Waals surface area contributed by atoms with Gasteiger partial charge in [-0.25, -0.2) is 4.98 Å². The lowest BCUT2D eigenvalue weighted by Gasteiger charge is -2.27. The third-order valence-corrected chi connectivity index (χ3v) is 5.41. The molecule has 1 aromatic carbocycles. The number of anilines is 2. The van der Waals surface area contributed by atoms with E-state index in [1.165, 1.54) is 32.1 Å². The second kappa shape index (κ2) is 6.59. The van der Waals surface area contributed by atoms with Crippen LogP contribution in [0.4, 0.5) is 11.8 Å². The van der Waals surface area contributed by atoms with E-state index in [0.29, 0.717) is 0 Å². The summed E-state index contributed by atoms with van der Waals surface area (Å²) in [5.74, 6) is 2.72. The van der Waals surface area contributed by atoms with Crippen LogP contribution in [-0.2, 0) is 0 Å². The first-order valence-corrected chi connectivity index (χ1v) is 9.71. The van der Waals surface area contributed by atoms with Crippen LogP contribution in [0.5, 0.6) is 0 Å². The molecule has 5 rings (SSSR count). The van der Waals surface area contributed by atoms with Crippen molar-refractivity contribution in [3.05, 3.63) is 30.3 Å². The molecule has 0 saturated carbocycles. The molecular formula is C20H24N6. The molecule has 0 amide bonds. The molecule has 6 nitrogen and oxygen atoms in total. The zero-order valence-corrected chi connectivity index (χ0v) is 15.0. The molecule has 0 spiro atoms. The normalized spacial score (nSPS) is 18.0. The quantitative estimate of drug-likeness (QED) is 0.783. The SMILES string of the molecule is c1ccc(-c2nc3nc(N4CCCCC4)nc(N4CCCC4)c3[nH]2)cc1. The second-order valence-electron chi connectivity index (χ2n) is 7.24. The Bertz CT molecular complexity index is 891. The van der Waals surface area contributed by atoms with Gasteiger partial charge in [-0.2, -0.15) is 9.97 Å². The third-order valence-electron chi connectivity index (χ3n) is 5.41. The second-order valence-corrected chi connectivity index (χ2v) is 7.24. The lowest BCUT2D eigenvalue weighted by atomic mass is 10.1. The van der Waals surface area contributed by atoms with E-state index in [1.54, 1.807) is 0 Å². The number of fused-ring (bicyclic) bond motifs is 1. The van der Waals surface area contributed by atoms with Gasteiger partial charge in [0, 0.05) is 31.7 Å². The molecule has 26 heavy (non-hydrogen) atoms. The largest absolute Gasteiger partial charge is 0.355 e. The topological polar surface area (TPSA) is 60.9 Å². The molecule has 0 radical (unpaired) electrons. The number of nitrogens with one attached hydrogen (secondary N) is 1. The molecular weight excluding hydrogens is 324 g/mol. The minimum Gasteiger partial charge on any atom is -0.355 e. The van der Waals surface area contributed by atoms with Crippen molar-refractivity contribution in [2.45, 2.75) is 32.1 Å². The maximum Gasteiger partial charge on any atom is 0.229 e. The number of hydrogen-bond acceptors (Lipinski definition) is 5. The standard InChI is InChI=1S/C20H24N6/c1-3-9-15(10-4-1)17-21-16-18(22-17)23-20(26-13-5-2-6-14-26)24-19(16)25-11-7-8-12-25/h1,3-4,9-10H,2,5-8,11-14H2,(H,21,22,23,24). The Hall–Kier alpha value is -2.63. The van der Waals surface area contributed by atoms with Gasteiger partial charge in [0.25, 0.3) is 0 Å².